The molecular formula is C18H20ClNO2. The van der Waals surface area contributed by atoms with Crippen LogP contribution in [0.3, 0.4) is 0 Å². The summed E-state index contributed by atoms with van der Waals surface area (Å²) in [7, 11) is 3.88. The molecule has 3 nitrogen and oxygen atoms in total. The Morgan fingerprint density at radius 1 is 1.18 bits per heavy atom. The molecule has 116 valence electrons. The zero-order valence-corrected chi connectivity index (χ0v) is 13.6. The lowest BCUT2D eigenvalue weighted by atomic mass is 9.77. The average Bonchev–Trinajstić information content (AvgIpc) is 2.51. The first kappa shape index (κ1) is 15.2. The fourth-order valence-corrected chi connectivity index (χ4v) is 3.96. The predicted molar refractivity (Wildman–Crippen MR) is 82.0 cm³/mol. The van der Waals surface area contributed by atoms with Gasteiger partial charge in [-0.1, -0.05) is 24.3 Å². The second-order valence-electron chi connectivity index (χ2n) is 6.13. The number of phenols is 1. The van der Waals surface area contributed by atoms with Crippen LogP contribution in [-0.4, -0.2) is 25.8 Å². The van der Waals surface area contributed by atoms with Crippen molar-refractivity contribution in [2.75, 3.05) is 20.7 Å². The third kappa shape index (κ3) is 2.00. The highest BCUT2D eigenvalue weighted by Gasteiger charge is 2.36. The molecule has 1 aliphatic carbocycles. The van der Waals surface area contributed by atoms with Gasteiger partial charge >= 0.3 is 0 Å². The molecule has 0 bridgehead atoms. The van der Waals surface area contributed by atoms with Crippen LogP contribution in [0.2, 0.25) is 0 Å². The maximum Gasteiger partial charge on any atom is 0.165 e. The number of aromatic hydroxyl groups is 1. The number of quaternary nitrogens is 1. The third-order valence-corrected chi connectivity index (χ3v) is 5.07. The number of fused-ring (bicyclic) bond motifs is 2. The van der Waals surface area contributed by atoms with E-state index in [1.807, 2.05) is 6.07 Å². The Bertz CT molecular complexity index is 729. The van der Waals surface area contributed by atoms with Crippen LogP contribution in [0.5, 0.6) is 11.5 Å². The Labute approximate surface area is 136 Å². The van der Waals surface area contributed by atoms with Crippen molar-refractivity contribution in [2.24, 2.45) is 0 Å². The van der Waals surface area contributed by atoms with Crippen LogP contribution in [0.25, 0.3) is 11.1 Å². The van der Waals surface area contributed by atoms with Crippen molar-refractivity contribution in [2.45, 2.75) is 18.9 Å². The van der Waals surface area contributed by atoms with Crippen molar-refractivity contribution in [3.05, 3.63) is 47.0 Å². The summed E-state index contributed by atoms with van der Waals surface area (Å²) < 4.78 is 5.29. The Hall–Kier alpha value is -1.71. The lowest BCUT2D eigenvalue weighted by Gasteiger charge is -2.37. The second kappa shape index (κ2) is 5.49. The number of halogens is 1. The third-order valence-electron chi connectivity index (χ3n) is 5.07. The van der Waals surface area contributed by atoms with Gasteiger partial charge in [0.05, 0.1) is 20.7 Å². The summed E-state index contributed by atoms with van der Waals surface area (Å²) in [4.78, 5) is 1.57. The Morgan fingerprint density at radius 2 is 2.00 bits per heavy atom. The highest BCUT2D eigenvalue weighted by atomic mass is 35.5. The molecule has 1 heterocycles. The molecule has 22 heavy (non-hydrogen) atoms. The summed E-state index contributed by atoms with van der Waals surface area (Å²) in [5.74, 6) is 0.839. The number of hydrogen-bond acceptors (Lipinski definition) is 2. The molecule has 4 rings (SSSR count). The molecular weight excluding hydrogens is 298 g/mol. The van der Waals surface area contributed by atoms with E-state index < -0.39 is 0 Å². The number of phenolic OH excluding ortho intramolecular Hbond substituents is 1. The summed E-state index contributed by atoms with van der Waals surface area (Å²) in [6.45, 7) is 1.18. The molecule has 2 atom stereocenters. The average molecular weight is 318 g/mol. The van der Waals surface area contributed by atoms with Gasteiger partial charge in [0, 0.05) is 24.0 Å². The van der Waals surface area contributed by atoms with E-state index in [1.54, 1.807) is 12.0 Å². The second-order valence-corrected chi connectivity index (χ2v) is 6.13. The van der Waals surface area contributed by atoms with Gasteiger partial charge in [0.25, 0.3) is 0 Å². The van der Waals surface area contributed by atoms with Crippen LogP contribution in [0, 0.1) is 0 Å². The van der Waals surface area contributed by atoms with Crippen molar-refractivity contribution >= 4 is 0 Å². The van der Waals surface area contributed by atoms with Crippen LogP contribution < -0.4 is 22.0 Å². The van der Waals surface area contributed by atoms with E-state index in [9.17, 15) is 5.11 Å². The zero-order valence-electron chi connectivity index (χ0n) is 12.8. The van der Waals surface area contributed by atoms with Gasteiger partial charge in [-0.25, -0.2) is 0 Å². The summed E-state index contributed by atoms with van der Waals surface area (Å²) >= 11 is 0. The molecule has 1 aliphatic heterocycles. The smallest absolute Gasteiger partial charge is 0.165 e. The van der Waals surface area contributed by atoms with E-state index in [0.29, 0.717) is 11.8 Å². The Morgan fingerprint density at radius 3 is 2.77 bits per heavy atom. The van der Waals surface area contributed by atoms with Crippen molar-refractivity contribution in [3.8, 4) is 22.6 Å². The summed E-state index contributed by atoms with van der Waals surface area (Å²) in [6.07, 6.45) is 2.11. The molecule has 1 unspecified atom stereocenters. The number of ether oxygens (including phenoxy) is 1. The minimum Gasteiger partial charge on any atom is -1.00 e. The van der Waals surface area contributed by atoms with Crippen molar-refractivity contribution < 1.29 is 27.2 Å². The van der Waals surface area contributed by atoms with Crippen LogP contribution in [0.4, 0.5) is 0 Å². The highest BCUT2D eigenvalue weighted by Crippen LogP contribution is 2.47. The standard InChI is InChI=1S/C18H19NO2.ClH/c1-19-9-8-11-4-3-5-13-16(11)14(19)10-12-6-7-15(21-2)18(20)17(12)13;/h3-7,14,20H,8-10H2,1-2H3;1H/t14-;/m1./s1. The molecule has 0 fully saturated rings. The van der Waals surface area contributed by atoms with E-state index in [2.05, 4.69) is 31.3 Å². The van der Waals surface area contributed by atoms with Gasteiger partial charge in [-0.15, -0.1) is 0 Å². The molecule has 2 N–H and O–H groups in total. The summed E-state index contributed by atoms with van der Waals surface area (Å²) in [6, 6.07) is 11.0. The summed E-state index contributed by atoms with van der Waals surface area (Å²) in [5.41, 5.74) is 6.25. The fourth-order valence-electron chi connectivity index (χ4n) is 3.96. The van der Waals surface area contributed by atoms with Gasteiger partial charge in [-0.05, 0) is 22.8 Å². The van der Waals surface area contributed by atoms with Gasteiger partial charge in [0.15, 0.2) is 11.5 Å². The Kier molecular flexibility index (Phi) is 3.79. The van der Waals surface area contributed by atoms with Crippen LogP contribution in [-0.2, 0) is 12.8 Å². The molecule has 0 saturated carbocycles. The minimum atomic E-state index is 0. The lowest BCUT2D eigenvalue weighted by Crippen LogP contribution is -3.10. The largest absolute Gasteiger partial charge is 1.00 e. The van der Waals surface area contributed by atoms with E-state index in [0.717, 1.165) is 18.4 Å². The van der Waals surface area contributed by atoms with Gasteiger partial charge in [-0.3, -0.25) is 0 Å². The van der Waals surface area contributed by atoms with E-state index in [1.165, 1.54) is 28.8 Å². The topological polar surface area (TPSA) is 33.9 Å². The van der Waals surface area contributed by atoms with Crippen LogP contribution in [0.15, 0.2) is 30.3 Å². The van der Waals surface area contributed by atoms with Gasteiger partial charge in [0.2, 0.25) is 0 Å². The number of nitrogens with one attached hydrogen (secondary N) is 1. The maximum atomic E-state index is 10.6. The molecule has 4 heteroatoms. The molecule has 0 amide bonds. The minimum absolute atomic E-state index is 0. The van der Waals surface area contributed by atoms with Crippen molar-refractivity contribution in [3.63, 3.8) is 0 Å². The normalized spacial score (nSPS) is 21.4. The molecule has 0 radical (unpaired) electrons. The van der Waals surface area contributed by atoms with E-state index in [-0.39, 0.29) is 18.2 Å². The first-order chi connectivity index (χ1) is 10.2. The van der Waals surface area contributed by atoms with Crippen LogP contribution >= 0.6 is 0 Å². The fraction of sp³-hybridized carbons (Fsp3) is 0.333. The predicted octanol–water partition coefficient (Wildman–Crippen LogP) is -1.26. The number of hydrogen-bond donors (Lipinski definition) is 2. The lowest BCUT2D eigenvalue weighted by molar-refractivity contribution is -0.914. The van der Waals surface area contributed by atoms with Crippen molar-refractivity contribution in [1.29, 1.82) is 0 Å². The number of rotatable bonds is 1. The maximum absolute atomic E-state index is 10.6. The number of likely N-dealkylation sites (N-methyl/N-ethyl adjacent to an activating group) is 1. The summed E-state index contributed by atoms with van der Waals surface area (Å²) in [5, 5.41) is 10.6. The van der Waals surface area contributed by atoms with Gasteiger partial charge in [-0.2, -0.15) is 0 Å². The molecule has 2 aromatic carbocycles. The quantitative estimate of drug-likeness (QED) is 0.688. The first-order valence-corrected chi connectivity index (χ1v) is 7.54. The number of benzene rings is 2. The Balaban J connectivity index is 0.00000144. The molecule has 2 aliphatic rings. The molecule has 2 aromatic rings. The van der Waals surface area contributed by atoms with Crippen molar-refractivity contribution in [1.82, 2.24) is 0 Å². The highest BCUT2D eigenvalue weighted by molar-refractivity contribution is 5.82. The van der Waals surface area contributed by atoms with E-state index in [4.69, 9.17) is 4.74 Å². The zero-order chi connectivity index (χ0) is 14.6. The number of methoxy groups -OCH3 is 1. The molecule has 0 spiro atoms. The molecule has 0 saturated heterocycles. The SMILES string of the molecule is COc1ccc2c(c1O)-c1cccc3c1[C@@H](C2)[NH+](C)CC3.[Cl-]. The van der Waals surface area contributed by atoms with Gasteiger partial charge in [0.1, 0.15) is 6.04 Å². The monoisotopic (exact) mass is 317 g/mol. The van der Waals surface area contributed by atoms with Crippen LogP contribution in [0.1, 0.15) is 22.7 Å². The molecule has 0 aromatic heterocycles. The first-order valence-electron chi connectivity index (χ1n) is 7.54. The van der Waals surface area contributed by atoms with Gasteiger partial charge < -0.3 is 27.2 Å². The van der Waals surface area contributed by atoms with E-state index >= 15 is 0 Å².